The van der Waals surface area contributed by atoms with Crippen LogP contribution in [0, 0.1) is 16.7 Å². The number of benzene rings is 1. The van der Waals surface area contributed by atoms with Gasteiger partial charge in [0.2, 0.25) is 0 Å². The summed E-state index contributed by atoms with van der Waals surface area (Å²) in [5.74, 6) is 1.05. The molecule has 1 aliphatic heterocycles. The summed E-state index contributed by atoms with van der Waals surface area (Å²) < 4.78 is 42.1. The molecule has 12 heteroatoms. The number of rotatable bonds is 10. The maximum absolute atomic E-state index is 12.7. The van der Waals surface area contributed by atoms with Gasteiger partial charge in [-0.25, -0.2) is 10.2 Å². The predicted octanol–water partition coefficient (Wildman–Crippen LogP) is 4.29. The molecule has 0 radical (unpaired) electrons. The van der Waals surface area contributed by atoms with Crippen molar-refractivity contribution in [3.8, 4) is 5.75 Å². The summed E-state index contributed by atoms with van der Waals surface area (Å²) >= 11 is 0. The lowest BCUT2D eigenvalue weighted by Crippen LogP contribution is -2.52. The number of nitrogens with one attached hydrogen (secondary N) is 2. The lowest BCUT2D eigenvalue weighted by Gasteiger charge is -2.40. The number of halogens is 3. The van der Waals surface area contributed by atoms with Gasteiger partial charge in [0.05, 0.1) is 11.0 Å². The molecule has 2 aromatic rings. The molecule has 2 heterocycles. The summed E-state index contributed by atoms with van der Waals surface area (Å²) in [5, 5.41) is 25.1. The number of pyridine rings is 1. The van der Waals surface area contributed by atoms with Gasteiger partial charge >= 0.3 is 12.0 Å². The minimum Gasteiger partial charge on any atom is -0.405 e. The predicted molar refractivity (Wildman–Crippen MR) is 126 cm³/mol. The third-order valence-corrected chi connectivity index (χ3v) is 6.75. The SMILES string of the molecule is O=[N+](O)c1cnc(NCc2ccccc2OC(F)(F)F)cc1NC[C@H]1CC[C@H](CN2CC(O)C2)CC1. The van der Waals surface area contributed by atoms with E-state index < -0.39 is 6.36 Å². The molecule has 0 unspecified atom stereocenters. The van der Waals surface area contributed by atoms with E-state index in [0.717, 1.165) is 45.3 Å². The first-order chi connectivity index (χ1) is 17.2. The maximum atomic E-state index is 12.7. The highest BCUT2D eigenvalue weighted by Crippen LogP contribution is 2.32. The first kappa shape index (κ1) is 26.0. The first-order valence-corrected chi connectivity index (χ1v) is 12.0. The van der Waals surface area contributed by atoms with Crippen molar-refractivity contribution in [3.05, 3.63) is 47.0 Å². The lowest BCUT2D eigenvalue weighted by atomic mass is 9.81. The number of nitrogens with zero attached hydrogens (tertiary/aromatic N) is 3. The van der Waals surface area contributed by atoms with E-state index in [-0.39, 0.29) is 34.6 Å². The fourth-order valence-corrected chi connectivity index (χ4v) is 4.83. The van der Waals surface area contributed by atoms with E-state index in [1.54, 1.807) is 12.1 Å². The number of para-hydroxylation sites is 1. The zero-order valence-electron chi connectivity index (χ0n) is 19.7. The van der Waals surface area contributed by atoms with Gasteiger partial charge in [-0.1, -0.05) is 18.2 Å². The lowest BCUT2D eigenvalue weighted by molar-refractivity contribution is -0.729. The minimum absolute atomic E-state index is 0.0102. The Morgan fingerprint density at radius 3 is 2.47 bits per heavy atom. The van der Waals surface area contributed by atoms with Crippen LogP contribution in [0.2, 0.25) is 0 Å². The van der Waals surface area contributed by atoms with Gasteiger partial charge in [0.1, 0.15) is 23.5 Å². The minimum atomic E-state index is -4.80. The second-order valence-electron chi connectivity index (χ2n) is 9.51. The first-order valence-electron chi connectivity index (χ1n) is 12.0. The van der Waals surface area contributed by atoms with Gasteiger partial charge in [0, 0.05) is 44.4 Å². The molecule has 4 rings (SSSR count). The Labute approximate surface area is 206 Å². The van der Waals surface area contributed by atoms with Crippen LogP contribution in [0.15, 0.2) is 36.5 Å². The molecule has 0 spiro atoms. The smallest absolute Gasteiger partial charge is 0.405 e. The molecule has 0 amide bonds. The van der Waals surface area contributed by atoms with Crippen molar-refractivity contribution in [1.29, 1.82) is 0 Å². The number of hydrogen-bond acceptors (Lipinski definition) is 7. The summed E-state index contributed by atoms with van der Waals surface area (Å²) in [5.41, 5.74) is 0.611. The number of hydrogen-bond donors (Lipinski definition) is 4. The highest BCUT2D eigenvalue weighted by molar-refractivity contribution is 5.65. The van der Waals surface area contributed by atoms with Crippen molar-refractivity contribution >= 4 is 17.2 Å². The van der Waals surface area contributed by atoms with Gasteiger partial charge in [-0.3, -0.25) is 4.90 Å². The Hall–Kier alpha value is -3.12. The normalized spacial score (nSPS) is 21.0. The summed E-state index contributed by atoms with van der Waals surface area (Å²) in [4.78, 5) is 17.7. The summed E-state index contributed by atoms with van der Waals surface area (Å²) in [6.07, 6.45) is 0.487. The molecule has 4 N–H and O–H groups in total. The second kappa shape index (κ2) is 11.3. The van der Waals surface area contributed by atoms with E-state index in [1.807, 2.05) is 0 Å². The van der Waals surface area contributed by atoms with Gasteiger partial charge in [0.15, 0.2) is 0 Å². The number of aliphatic hydroxyl groups excluding tert-OH is 1. The topological polar surface area (TPSA) is 110 Å². The molecule has 1 saturated heterocycles. The van der Waals surface area contributed by atoms with Crippen LogP contribution in [0.5, 0.6) is 5.75 Å². The average Bonchev–Trinajstić information content (AvgIpc) is 2.81. The second-order valence-corrected chi connectivity index (χ2v) is 9.51. The van der Waals surface area contributed by atoms with Crippen LogP contribution in [0.3, 0.4) is 0 Å². The van der Waals surface area contributed by atoms with Crippen molar-refractivity contribution in [1.82, 2.24) is 9.88 Å². The number of aromatic nitrogens is 1. The Balaban J connectivity index is 1.33. The summed E-state index contributed by atoms with van der Waals surface area (Å²) in [6, 6.07) is 7.34. The molecule has 1 aromatic heterocycles. The fourth-order valence-electron chi connectivity index (χ4n) is 4.83. The molecule has 2 aliphatic rings. The van der Waals surface area contributed by atoms with E-state index in [2.05, 4.69) is 25.3 Å². The maximum Gasteiger partial charge on any atom is 0.573 e. The Bertz CT molecular complexity index is 1040. The van der Waals surface area contributed by atoms with Crippen LogP contribution in [-0.2, 0) is 6.54 Å². The van der Waals surface area contributed by atoms with E-state index in [0.29, 0.717) is 29.9 Å². The molecule has 196 valence electrons. The van der Waals surface area contributed by atoms with E-state index in [4.69, 9.17) is 0 Å². The Kier molecular flexibility index (Phi) is 8.14. The van der Waals surface area contributed by atoms with Crippen LogP contribution < -0.4 is 15.4 Å². The molecule has 36 heavy (non-hydrogen) atoms. The zero-order valence-corrected chi connectivity index (χ0v) is 19.7. The van der Waals surface area contributed by atoms with Crippen molar-refractivity contribution < 1.29 is 33.1 Å². The van der Waals surface area contributed by atoms with Gasteiger partial charge < -0.3 is 20.5 Å². The molecule has 1 saturated carbocycles. The largest absolute Gasteiger partial charge is 0.573 e. The van der Waals surface area contributed by atoms with Crippen molar-refractivity contribution in [2.24, 2.45) is 11.8 Å². The highest BCUT2D eigenvalue weighted by Gasteiger charge is 2.32. The van der Waals surface area contributed by atoms with Crippen molar-refractivity contribution in [2.75, 3.05) is 36.8 Å². The summed E-state index contributed by atoms with van der Waals surface area (Å²) in [7, 11) is 0. The Morgan fingerprint density at radius 2 is 1.81 bits per heavy atom. The van der Waals surface area contributed by atoms with Crippen LogP contribution in [0.25, 0.3) is 0 Å². The molecule has 0 atom stereocenters. The van der Waals surface area contributed by atoms with Crippen molar-refractivity contribution in [2.45, 2.75) is 44.7 Å². The third-order valence-electron chi connectivity index (χ3n) is 6.75. The van der Waals surface area contributed by atoms with Gasteiger partial charge in [-0.2, -0.15) is 0 Å². The molecule has 1 aromatic carbocycles. The van der Waals surface area contributed by atoms with Gasteiger partial charge in [-0.15, -0.1) is 13.2 Å². The quantitative estimate of drug-likeness (QED) is 0.351. The molecule has 1 aliphatic carbocycles. The Morgan fingerprint density at radius 1 is 1.11 bits per heavy atom. The molecular formula is C24H31F3N5O4+. The fraction of sp³-hybridized carbons (Fsp3) is 0.542. The number of ether oxygens (including phenoxy) is 1. The van der Waals surface area contributed by atoms with Gasteiger partial charge in [-0.05, 0) is 43.6 Å². The molecule has 0 bridgehead atoms. The van der Waals surface area contributed by atoms with Crippen LogP contribution in [0.1, 0.15) is 31.2 Å². The van der Waals surface area contributed by atoms with E-state index >= 15 is 0 Å². The number of likely N-dealkylation sites (tertiary alicyclic amines) is 1. The standard InChI is InChI=1S/C24H31F3N5O4/c25-24(26,27)36-22-4-2-1-3-18(22)11-29-23-9-20(21(12-30-23)32(34)35)28-10-16-5-7-17(8-6-16)13-31-14-19(33)15-31/h1-4,9,12,16-17,19,33H,5-8,10-11,13-15H2,(H,34,35)(H2,28,29,30)/q+1/t16-,17-. The van der Waals surface area contributed by atoms with E-state index in [1.165, 1.54) is 24.4 Å². The number of alkyl halides is 3. The van der Waals surface area contributed by atoms with Crippen LogP contribution in [-0.4, -0.2) is 63.8 Å². The third kappa shape index (κ3) is 7.20. The van der Waals surface area contributed by atoms with E-state index in [9.17, 15) is 28.4 Å². The summed E-state index contributed by atoms with van der Waals surface area (Å²) in [6.45, 7) is 3.17. The molecule has 9 nitrogen and oxygen atoms in total. The monoisotopic (exact) mass is 510 g/mol. The van der Waals surface area contributed by atoms with Gasteiger partial charge in [0.25, 0.3) is 4.92 Å². The zero-order chi connectivity index (χ0) is 25.7. The van der Waals surface area contributed by atoms with Crippen LogP contribution in [0.4, 0.5) is 30.4 Å². The van der Waals surface area contributed by atoms with Crippen molar-refractivity contribution in [3.63, 3.8) is 0 Å². The number of β-amino-alcohol motifs (C(OH)–C–C–N with tert-alkyl or cyclic N) is 1. The average molecular weight is 511 g/mol. The number of aliphatic hydroxyl groups is 1. The molecular weight excluding hydrogens is 479 g/mol. The highest BCUT2D eigenvalue weighted by atomic mass is 19.4. The number of anilines is 2. The van der Waals surface area contributed by atoms with Crippen LogP contribution >= 0.6 is 0 Å². The molecule has 2 fully saturated rings.